The Hall–Kier alpha value is -0.860. The number of hydrogen-bond acceptors (Lipinski definition) is 2. The summed E-state index contributed by atoms with van der Waals surface area (Å²) in [5.41, 5.74) is 1.33. The molecule has 1 rings (SSSR count). The summed E-state index contributed by atoms with van der Waals surface area (Å²) in [6.07, 6.45) is 1.16. The fourth-order valence-electron chi connectivity index (χ4n) is 2.03. The van der Waals surface area contributed by atoms with Gasteiger partial charge in [0.05, 0.1) is 12.2 Å². The van der Waals surface area contributed by atoms with E-state index in [1.165, 1.54) is 5.56 Å². The van der Waals surface area contributed by atoms with Crippen LogP contribution in [0.5, 0.6) is 0 Å². The largest absolute Gasteiger partial charge is 0.381 e. The molecule has 17 heavy (non-hydrogen) atoms. The zero-order valence-corrected chi connectivity index (χ0v) is 11.6. The van der Waals surface area contributed by atoms with E-state index >= 15 is 0 Å². The second kappa shape index (κ2) is 6.18. The second-order valence-corrected chi connectivity index (χ2v) is 5.46. The van der Waals surface area contributed by atoms with Gasteiger partial charge in [-0.3, -0.25) is 0 Å². The summed E-state index contributed by atoms with van der Waals surface area (Å²) in [5, 5.41) is 0. The Bertz CT molecular complexity index is 313. The Kier molecular flexibility index (Phi) is 5.16. The lowest BCUT2D eigenvalue weighted by molar-refractivity contribution is -0.0309. The summed E-state index contributed by atoms with van der Waals surface area (Å²) in [6, 6.07) is 10.3. The SMILES string of the molecule is COC(CC(OC)C(C)(C)C)c1ccccc1. The Morgan fingerprint density at radius 2 is 1.59 bits per heavy atom. The van der Waals surface area contributed by atoms with Crippen LogP contribution in [0.2, 0.25) is 0 Å². The molecule has 0 aliphatic heterocycles. The van der Waals surface area contributed by atoms with Gasteiger partial charge in [-0.2, -0.15) is 0 Å². The van der Waals surface area contributed by atoms with E-state index in [9.17, 15) is 0 Å². The normalized spacial score (nSPS) is 15.6. The van der Waals surface area contributed by atoms with Crippen LogP contribution in [0.1, 0.15) is 38.9 Å². The molecular weight excluding hydrogens is 212 g/mol. The van der Waals surface area contributed by atoms with Crippen LogP contribution in [0.15, 0.2) is 30.3 Å². The van der Waals surface area contributed by atoms with Gasteiger partial charge in [-0.15, -0.1) is 0 Å². The van der Waals surface area contributed by atoms with Crippen molar-refractivity contribution < 1.29 is 9.47 Å². The zero-order valence-electron chi connectivity index (χ0n) is 11.6. The minimum Gasteiger partial charge on any atom is -0.381 e. The predicted molar refractivity (Wildman–Crippen MR) is 71.1 cm³/mol. The van der Waals surface area contributed by atoms with Crippen LogP contribution < -0.4 is 0 Å². The van der Waals surface area contributed by atoms with Crippen LogP contribution in [0.25, 0.3) is 0 Å². The zero-order chi connectivity index (χ0) is 12.9. The van der Waals surface area contributed by atoms with Gasteiger partial charge in [0.1, 0.15) is 0 Å². The molecule has 0 heterocycles. The maximum absolute atomic E-state index is 5.59. The van der Waals surface area contributed by atoms with Gasteiger partial charge >= 0.3 is 0 Å². The highest BCUT2D eigenvalue weighted by atomic mass is 16.5. The lowest BCUT2D eigenvalue weighted by Gasteiger charge is -2.32. The molecule has 1 aromatic carbocycles. The van der Waals surface area contributed by atoms with Crippen LogP contribution in [0.3, 0.4) is 0 Å². The molecule has 2 atom stereocenters. The average Bonchev–Trinajstić information content (AvgIpc) is 2.30. The first-order valence-corrected chi connectivity index (χ1v) is 6.09. The quantitative estimate of drug-likeness (QED) is 0.773. The molecule has 0 saturated heterocycles. The van der Waals surface area contributed by atoms with Crippen molar-refractivity contribution in [3.8, 4) is 0 Å². The van der Waals surface area contributed by atoms with Crippen molar-refractivity contribution in [2.45, 2.75) is 39.4 Å². The Morgan fingerprint density at radius 3 is 2.00 bits per heavy atom. The first-order chi connectivity index (χ1) is 7.99. The Balaban J connectivity index is 2.76. The molecule has 2 heteroatoms. The number of hydrogen-bond donors (Lipinski definition) is 0. The van der Waals surface area contributed by atoms with E-state index in [1.807, 2.05) is 18.2 Å². The van der Waals surface area contributed by atoms with Crippen molar-refractivity contribution in [2.75, 3.05) is 14.2 Å². The molecular formula is C15H24O2. The molecule has 2 nitrogen and oxygen atoms in total. The molecule has 0 N–H and O–H groups in total. The second-order valence-electron chi connectivity index (χ2n) is 5.46. The fourth-order valence-corrected chi connectivity index (χ4v) is 2.03. The van der Waals surface area contributed by atoms with E-state index < -0.39 is 0 Å². The van der Waals surface area contributed by atoms with Gasteiger partial charge in [-0.25, -0.2) is 0 Å². The van der Waals surface area contributed by atoms with Gasteiger partial charge < -0.3 is 9.47 Å². The molecule has 0 aromatic heterocycles. The minimum atomic E-state index is 0.0976. The van der Waals surface area contributed by atoms with E-state index in [2.05, 4.69) is 32.9 Å². The maximum atomic E-state index is 5.59. The third-order valence-electron chi connectivity index (χ3n) is 3.13. The third kappa shape index (κ3) is 4.14. The van der Waals surface area contributed by atoms with Crippen molar-refractivity contribution in [1.29, 1.82) is 0 Å². The van der Waals surface area contributed by atoms with Crippen LogP contribution >= 0.6 is 0 Å². The Labute approximate surface area is 105 Å². The first-order valence-electron chi connectivity index (χ1n) is 6.09. The van der Waals surface area contributed by atoms with Gasteiger partial charge in [-0.1, -0.05) is 51.1 Å². The highest BCUT2D eigenvalue weighted by Crippen LogP contribution is 2.31. The van der Waals surface area contributed by atoms with Crippen molar-refractivity contribution in [2.24, 2.45) is 5.41 Å². The third-order valence-corrected chi connectivity index (χ3v) is 3.13. The Morgan fingerprint density at radius 1 is 1.00 bits per heavy atom. The average molecular weight is 236 g/mol. The lowest BCUT2D eigenvalue weighted by atomic mass is 9.84. The molecule has 96 valence electrons. The monoisotopic (exact) mass is 236 g/mol. The summed E-state index contributed by atoms with van der Waals surface area (Å²) in [4.78, 5) is 0. The summed E-state index contributed by atoms with van der Waals surface area (Å²) in [7, 11) is 3.53. The molecule has 0 aliphatic rings. The van der Waals surface area contributed by atoms with Gasteiger partial charge in [-0.05, 0) is 11.0 Å². The van der Waals surface area contributed by atoms with Crippen LogP contribution in [-0.4, -0.2) is 20.3 Å². The van der Waals surface area contributed by atoms with Gasteiger partial charge in [0.2, 0.25) is 0 Å². The topological polar surface area (TPSA) is 18.5 Å². The van der Waals surface area contributed by atoms with Crippen LogP contribution in [0.4, 0.5) is 0 Å². The van der Waals surface area contributed by atoms with E-state index in [0.717, 1.165) is 6.42 Å². The van der Waals surface area contributed by atoms with E-state index in [-0.39, 0.29) is 17.6 Å². The lowest BCUT2D eigenvalue weighted by Crippen LogP contribution is -2.30. The molecule has 1 aromatic rings. The highest BCUT2D eigenvalue weighted by molar-refractivity contribution is 5.17. The molecule has 0 spiro atoms. The maximum Gasteiger partial charge on any atom is 0.0846 e. The van der Waals surface area contributed by atoms with Crippen LogP contribution in [-0.2, 0) is 9.47 Å². The summed E-state index contributed by atoms with van der Waals surface area (Å²) in [6.45, 7) is 6.58. The minimum absolute atomic E-state index is 0.0976. The van der Waals surface area contributed by atoms with Crippen LogP contribution in [0, 0.1) is 5.41 Å². The standard InChI is InChI=1S/C15H24O2/c1-15(2,3)14(17-5)11-13(16-4)12-9-7-6-8-10-12/h6-10,13-14H,11H2,1-5H3. The highest BCUT2D eigenvalue weighted by Gasteiger charge is 2.28. The van der Waals surface area contributed by atoms with Crippen molar-refractivity contribution >= 4 is 0 Å². The van der Waals surface area contributed by atoms with Crippen molar-refractivity contribution in [3.63, 3.8) is 0 Å². The molecule has 0 saturated carbocycles. The molecule has 2 unspecified atom stereocenters. The summed E-state index contributed by atoms with van der Waals surface area (Å²) < 4.78 is 11.2. The number of rotatable bonds is 5. The predicted octanol–water partition coefficient (Wildman–Crippen LogP) is 3.83. The van der Waals surface area contributed by atoms with Gasteiger partial charge in [0.25, 0.3) is 0 Å². The molecule has 0 bridgehead atoms. The van der Waals surface area contributed by atoms with Gasteiger partial charge in [0.15, 0.2) is 0 Å². The molecule has 0 radical (unpaired) electrons. The molecule has 0 fully saturated rings. The fraction of sp³-hybridized carbons (Fsp3) is 0.600. The van der Waals surface area contributed by atoms with E-state index in [4.69, 9.17) is 9.47 Å². The molecule has 0 amide bonds. The smallest absolute Gasteiger partial charge is 0.0846 e. The number of ether oxygens (including phenoxy) is 2. The molecule has 0 aliphatic carbocycles. The first kappa shape index (κ1) is 14.2. The van der Waals surface area contributed by atoms with Crippen molar-refractivity contribution in [3.05, 3.63) is 35.9 Å². The summed E-state index contributed by atoms with van der Waals surface area (Å²) >= 11 is 0. The van der Waals surface area contributed by atoms with Gasteiger partial charge in [0, 0.05) is 20.6 Å². The van der Waals surface area contributed by atoms with E-state index in [1.54, 1.807) is 14.2 Å². The van der Waals surface area contributed by atoms with E-state index in [0.29, 0.717) is 0 Å². The number of benzene rings is 1. The van der Waals surface area contributed by atoms with Crippen molar-refractivity contribution in [1.82, 2.24) is 0 Å². The summed E-state index contributed by atoms with van der Waals surface area (Å²) in [5.74, 6) is 0. The number of methoxy groups -OCH3 is 2.